The van der Waals surface area contributed by atoms with Crippen LogP contribution in [0, 0.1) is 19.3 Å². The van der Waals surface area contributed by atoms with Crippen LogP contribution in [0.3, 0.4) is 0 Å². The van der Waals surface area contributed by atoms with Gasteiger partial charge in [0.2, 0.25) is 0 Å². The lowest BCUT2D eigenvalue weighted by Gasteiger charge is -2.40. The average molecular weight is 409 g/mol. The first-order valence-electron chi connectivity index (χ1n) is 10.9. The molecule has 1 atom stereocenters. The van der Waals surface area contributed by atoms with E-state index < -0.39 is 0 Å². The van der Waals surface area contributed by atoms with Gasteiger partial charge in [0.05, 0.1) is 6.04 Å². The normalized spacial score (nSPS) is 12.4. The minimum Gasteiger partial charge on any atom is -0.267 e. The van der Waals surface area contributed by atoms with E-state index in [0.717, 1.165) is 30.4 Å². The first-order chi connectivity index (χ1) is 14.1. The highest BCUT2D eigenvalue weighted by atomic mass is 16.2. The van der Waals surface area contributed by atoms with Gasteiger partial charge >= 0.3 is 0 Å². The largest absolute Gasteiger partial charge is 0.272 e. The summed E-state index contributed by atoms with van der Waals surface area (Å²) in [5.74, 6) is -0.436. The topological polar surface area (TPSA) is 49.4 Å². The van der Waals surface area contributed by atoms with Crippen LogP contribution < -0.4 is 5.43 Å². The lowest BCUT2D eigenvalue weighted by atomic mass is 9.83. The van der Waals surface area contributed by atoms with E-state index in [2.05, 4.69) is 40.0 Å². The van der Waals surface area contributed by atoms with Crippen molar-refractivity contribution in [2.75, 3.05) is 0 Å². The van der Waals surface area contributed by atoms with Crippen LogP contribution in [-0.4, -0.2) is 22.9 Å². The molecule has 0 aliphatic rings. The number of hydrogen-bond acceptors (Lipinski definition) is 2. The van der Waals surface area contributed by atoms with Crippen LogP contribution in [0.5, 0.6) is 0 Å². The highest BCUT2D eigenvalue weighted by molar-refractivity contribution is 5.99. The molecule has 30 heavy (non-hydrogen) atoms. The number of hydrazine groups is 1. The number of nitrogens with zero attached hydrogens (tertiary/aromatic N) is 1. The number of carbonyl (C=O) groups is 2. The summed E-state index contributed by atoms with van der Waals surface area (Å²) < 4.78 is 0. The molecule has 0 spiro atoms. The standard InChI is InChI=1S/C26H36N2O2/c1-8-10-23(26(5,6)7)28(25(30)22-16-18(3)15-19(4)17-22)27-24(29)21-13-11-20(9-2)12-14-21/h11-17,23H,8-10H2,1-7H3,(H,27,29)/t23-/m1/s1. The number of nitrogens with one attached hydrogen (secondary N) is 1. The molecule has 2 amide bonds. The molecule has 2 aromatic carbocycles. The van der Waals surface area contributed by atoms with Gasteiger partial charge in [-0.05, 0) is 61.9 Å². The molecule has 0 saturated carbocycles. The fourth-order valence-electron chi connectivity index (χ4n) is 3.80. The molecule has 0 aliphatic carbocycles. The number of carbonyl (C=O) groups excluding carboxylic acids is 2. The third kappa shape index (κ3) is 5.94. The second kappa shape index (κ2) is 9.92. The second-order valence-corrected chi connectivity index (χ2v) is 9.21. The molecule has 0 heterocycles. The van der Waals surface area contributed by atoms with E-state index in [1.54, 1.807) is 5.01 Å². The van der Waals surface area contributed by atoms with Gasteiger partial charge in [0.1, 0.15) is 0 Å². The van der Waals surface area contributed by atoms with Crippen molar-refractivity contribution in [3.63, 3.8) is 0 Å². The highest BCUT2D eigenvalue weighted by Crippen LogP contribution is 2.29. The van der Waals surface area contributed by atoms with E-state index >= 15 is 0 Å². The first-order valence-corrected chi connectivity index (χ1v) is 10.9. The smallest absolute Gasteiger partial charge is 0.267 e. The molecule has 2 rings (SSSR count). The summed E-state index contributed by atoms with van der Waals surface area (Å²) in [7, 11) is 0. The predicted molar refractivity (Wildman–Crippen MR) is 124 cm³/mol. The minimum atomic E-state index is -0.263. The van der Waals surface area contributed by atoms with Crippen LogP contribution in [0.2, 0.25) is 0 Å². The van der Waals surface area contributed by atoms with Gasteiger partial charge in [-0.2, -0.15) is 0 Å². The molecule has 0 unspecified atom stereocenters. The number of hydrogen-bond donors (Lipinski definition) is 1. The fraction of sp³-hybridized carbons (Fsp3) is 0.462. The Hall–Kier alpha value is -2.62. The van der Waals surface area contributed by atoms with Crippen molar-refractivity contribution in [3.05, 3.63) is 70.3 Å². The van der Waals surface area contributed by atoms with Gasteiger partial charge in [-0.1, -0.05) is 70.4 Å². The number of benzene rings is 2. The van der Waals surface area contributed by atoms with Crippen molar-refractivity contribution < 1.29 is 9.59 Å². The third-order valence-electron chi connectivity index (χ3n) is 5.41. The van der Waals surface area contributed by atoms with Gasteiger partial charge in [-0.15, -0.1) is 0 Å². The van der Waals surface area contributed by atoms with Crippen LogP contribution >= 0.6 is 0 Å². The Kier molecular flexibility index (Phi) is 7.83. The molecule has 1 N–H and O–H groups in total. The summed E-state index contributed by atoms with van der Waals surface area (Å²) in [4.78, 5) is 26.6. The quantitative estimate of drug-likeness (QED) is 0.608. The number of amides is 2. The van der Waals surface area contributed by atoms with Crippen molar-refractivity contribution in [2.24, 2.45) is 5.41 Å². The monoisotopic (exact) mass is 408 g/mol. The van der Waals surface area contributed by atoms with Crippen molar-refractivity contribution >= 4 is 11.8 Å². The molecule has 0 saturated heterocycles. The molecule has 4 heteroatoms. The molecule has 0 aromatic heterocycles. The Morgan fingerprint density at radius 1 is 0.933 bits per heavy atom. The SMILES string of the molecule is CCC[C@@H](N(NC(=O)c1ccc(CC)cc1)C(=O)c1cc(C)cc(C)c1)C(C)(C)C. The van der Waals surface area contributed by atoms with Crippen LogP contribution in [0.15, 0.2) is 42.5 Å². The van der Waals surface area contributed by atoms with Gasteiger partial charge in [-0.25, -0.2) is 5.01 Å². The van der Waals surface area contributed by atoms with E-state index in [9.17, 15) is 9.59 Å². The van der Waals surface area contributed by atoms with Crippen LogP contribution in [0.1, 0.15) is 84.9 Å². The molecule has 0 bridgehead atoms. The average Bonchev–Trinajstić information content (AvgIpc) is 2.68. The second-order valence-electron chi connectivity index (χ2n) is 9.21. The Morgan fingerprint density at radius 3 is 1.97 bits per heavy atom. The zero-order valence-corrected chi connectivity index (χ0v) is 19.5. The molecule has 4 nitrogen and oxygen atoms in total. The third-order valence-corrected chi connectivity index (χ3v) is 5.41. The first kappa shape index (κ1) is 23.7. The van der Waals surface area contributed by atoms with E-state index in [4.69, 9.17) is 0 Å². The summed E-state index contributed by atoms with van der Waals surface area (Å²) in [5, 5.41) is 1.56. The van der Waals surface area contributed by atoms with Gasteiger partial charge < -0.3 is 0 Å². The Bertz CT molecular complexity index is 859. The van der Waals surface area contributed by atoms with Crippen molar-refractivity contribution in [1.82, 2.24) is 10.4 Å². The van der Waals surface area contributed by atoms with Crippen molar-refractivity contribution in [2.45, 2.75) is 73.8 Å². The van der Waals surface area contributed by atoms with Gasteiger partial charge in [0.25, 0.3) is 11.8 Å². The van der Waals surface area contributed by atoms with E-state index in [1.165, 1.54) is 5.56 Å². The van der Waals surface area contributed by atoms with E-state index in [1.807, 2.05) is 56.3 Å². The molecule has 0 radical (unpaired) electrons. The summed E-state index contributed by atoms with van der Waals surface area (Å²) >= 11 is 0. The van der Waals surface area contributed by atoms with Crippen LogP contribution in [0.25, 0.3) is 0 Å². The summed E-state index contributed by atoms with van der Waals surface area (Å²) in [6.45, 7) is 14.5. The molecular formula is C26H36N2O2. The summed E-state index contributed by atoms with van der Waals surface area (Å²) in [6.07, 6.45) is 2.64. The van der Waals surface area contributed by atoms with E-state index in [0.29, 0.717) is 11.1 Å². The Morgan fingerprint density at radius 2 is 1.50 bits per heavy atom. The van der Waals surface area contributed by atoms with Gasteiger partial charge in [-0.3, -0.25) is 15.0 Å². The Labute approximate surface area is 181 Å². The summed E-state index contributed by atoms with van der Waals surface area (Å²) in [6, 6.07) is 13.2. The van der Waals surface area contributed by atoms with Crippen LogP contribution in [-0.2, 0) is 6.42 Å². The maximum absolute atomic E-state index is 13.6. The van der Waals surface area contributed by atoms with E-state index in [-0.39, 0.29) is 23.3 Å². The highest BCUT2D eigenvalue weighted by Gasteiger charge is 2.35. The van der Waals surface area contributed by atoms with Crippen LogP contribution in [0.4, 0.5) is 0 Å². The van der Waals surface area contributed by atoms with Gasteiger partial charge in [0.15, 0.2) is 0 Å². The lowest BCUT2D eigenvalue weighted by Crippen LogP contribution is -2.56. The Balaban J connectivity index is 2.43. The minimum absolute atomic E-state index is 0.130. The molecule has 0 aliphatic heterocycles. The summed E-state index contributed by atoms with van der Waals surface area (Å²) in [5.41, 5.74) is 7.14. The molecular weight excluding hydrogens is 372 g/mol. The fourth-order valence-corrected chi connectivity index (χ4v) is 3.80. The van der Waals surface area contributed by atoms with Crippen molar-refractivity contribution in [1.29, 1.82) is 0 Å². The predicted octanol–water partition coefficient (Wildman–Crippen LogP) is 5.87. The molecule has 0 fully saturated rings. The molecule has 2 aromatic rings. The maximum atomic E-state index is 13.6. The number of rotatable bonds is 6. The zero-order valence-electron chi connectivity index (χ0n) is 19.5. The van der Waals surface area contributed by atoms with Crippen molar-refractivity contribution in [3.8, 4) is 0 Å². The maximum Gasteiger partial charge on any atom is 0.272 e. The van der Waals surface area contributed by atoms with Gasteiger partial charge in [0, 0.05) is 11.1 Å². The lowest BCUT2D eigenvalue weighted by molar-refractivity contribution is 0.0271. The number of aryl methyl sites for hydroxylation is 3. The zero-order chi connectivity index (χ0) is 22.5. The molecule has 162 valence electrons.